The zero-order valence-electron chi connectivity index (χ0n) is 13.1. The molecule has 0 bridgehead atoms. The molecular weight excluding hydrogens is 266 g/mol. The highest BCUT2D eigenvalue weighted by Gasteiger charge is 2.16. The zero-order valence-corrected chi connectivity index (χ0v) is 13.1. The van der Waals surface area contributed by atoms with Gasteiger partial charge >= 0.3 is 5.97 Å². The van der Waals surface area contributed by atoms with Crippen LogP contribution in [0.2, 0.25) is 0 Å². The van der Waals surface area contributed by atoms with Crippen molar-refractivity contribution in [2.75, 3.05) is 13.1 Å². The van der Waals surface area contributed by atoms with Crippen molar-refractivity contribution in [1.29, 1.82) is 0 Å². The lowest BCUT2D eigenvalue weighted by molar-refractivity contribution is -0.130. The molecule has 0 fully saturated rings. The Morgan fingerprint density at radius 2 is 1.67 bits per heavy atom. The van der Waals surface area contributed by atoms with Crippen molar-refractivity contribution in [3.8, 4) is 0 Å². The molecule has 0 aliphatic heterocycles. The number of aromatic carboxylic acids is 1. The minimum absolute atomic E-state index is 0.104. The Labute approximate surface area is 126 Å². The van der Waals surface area contributed by atoms with Gasteiger partial charge in [-0.25, -0.2) is 4.79 Å². The van der Waals surface area contributed by atoms with Crippen LogP contribution in [0.1, 0.15) is 49.5 Å². The van der Waals surface area contributed by atoms with Crippen molar-refractivity contribution in [2.45, 2.75) is 40.0 Å². The molecule has 0 atom stereocenters. The number of carboxylic acid groups (broad SMARTS) is 1. The summed E-state index contributed by atoms with van der Waals surface area (Å²) in [4.78, 5) is 25.0. The molecule has 1 amide bonds. The van der Waals surface area contributed by atoms with Crippen LogP contribution in [-0.4, -0.2) is 35.0 Å². The second-order valence-corrected chi connectivity index (χ2v) is 5.29. The first-order chi connectivity index (χ1) is 10.0. The van der Waals surface area contributed by atoms with E-state index in [4.69, 9.17) is 5.11 Å². The smallest absolute Gasteiger partial charge is 0.335 e. The largest absolute Gasteiger partial charge is 0.478 e. The molecule has 0 spiro atoms. The third-order valence-corrected chi connectivity index (χ3v) is 3.92. The fourth-order valence-electron chi connectivity index (χ4n) is 2.32. The summed E-state index contributed by atoms with van der Waals surface area (Å²) in [6.07, 6.45) is 2.48. The monoisotopic (exact) mass is 291 g/mol. The quantitative estimate of drug-likeness (QED) is 0.800. The Balaban J connectivity index is 2.67. The van der Waals surface area contributed by atoms with Crippen molar-refractivity contribution < 1.29 is 14.7 Å². The van der Waals surface area contributed by atoms with Crippen LogP contribution in [0.4, 0.5) is 0 Å². The molecule has 1 aromatic carbocycles. The lowest BCUT2D eigenvalue weighted by Gasteiger charge is -2.25. The summed E-state index contributed by atoms with van der Waals surface area (Å²) >= 11 is 0. The van der Waals surface area contributed by atoms with Gasteiger partial charge in [0.2, 0.25) is 5.91 Å². The van der Waals surface area contributed by atoms with E-state index >= 15 is 0 Å². The molecule has 0 unspecified atom stereocenters. The third kappa shape index (κ3) is 5.21. The Kier molecular flexibility index (Phi) is 6.92. The summed E-state index contributed by atoms with van der Waals surface area (Å²) in [6, 6.07) is 6.52. The number of nitrogens with zero attached hydrogens (tertiary/aromatic N) is 1. The number of hydrogen-bond acceptors (Lipinski definition) is 2. The highest BCUT2D eigenvalue weighted by atomic mass is 16.4. The summed E-state index contributed by atoms with van der Waals surface area (Å²) < 4.78 is 0. The Bertz CT molecular complexity index is 463. The van der Waals surface area contributed by atoms with E-state index in [9.17, 15) is 9.59 Å². The van der Waals surface area contributed by atoms with Crippen molar-refractivity contribution >= 4 is 11.9 Å². The number of amides is 1. The summed E-state index contributed by atoms with van der Waals surface area (Å²) in [6.45, 7) is 7.81. The van der Waals surface area contributed by atoms with Gasteiger partial charge in [0.15, 0.2) is 0 Å². The van der Waals surface area contributed by atoms with E-state index in [-0.39, 0.29) is 11.5 Å². The fraction of sp³-hybridized carbons (Fsp3) is 0.529. The normalized spacial score (nSPS) is 10.7. The molecule has 21 heavy (non-hydrogen) atoms. The van der Waals surface area contributed by atoms with Crippen molar-refractivity contribution in [3.05, 3.63) is 35.4 Å². The number of benzene rings is 1. The molecule has 1 aromatic rings. The first-order valence-electron chi connectivity index (χ1n) is 7.61. The van der Waals surface area contributed by atoms with Gasteiger partial charge in [0.25, 0.3) is 0 Å². The van der Waals surface area contributed by atoms with Crippen LogP contribution < -0.4 is 0 Å². The number of likely N-dealkylation sites (N-methyl/N-ethyl adjacent to an activating group) is 1. The van der Waals surface area contributed by atoms with E-state index in [1.807, 2.05) is 11.8 Å². The van der Waals surface area contributed by atoms with Gasteiger partial charge in [-0.3, -0.25) is 4.79 Å². The molecule has 4 nitrogen and oxygen atoms in total. The number of carbonyl (C=O) groups is 2. The minimum Gasteiger partial charge on any atom is -0.478 e. The van der Waals surface area contributed by atoms with Crippen LogP contribution in [-0.2, 0) is 11.2 Å². The van der Waals surface area contributed by atoms with Gasteiger partial charge in [-0.1, -0.05) is 38.8 Å². The molecule has 0 saturated carbocycles. The van der Waals surface area contributed by atoms with Gasteiger partial charge in [0.05, 0.1) is 12.0 Å². The zero-order chi connectivity index (χ0) is 15.8. The number of carboxylic acids is 1. The molecule has 1 N–H and O–H groups in total. The van der Waals surface area contributed by atoms with Crippen molar-refractivity contribution in [3.63, 3.8) is 0 Å². The second-order valence-electron chi connectivity index (χ2n) is 5.29. The Hall–Kier alpha value is -1.84. The molecule has 0 aromatic heterocycles. The van der Waals surface area contributed by atoms with Gasteiger partial charge in [-0.05, 0) is 30.5 Å². The van der Waals surface area contributed by atoms with Crippen LogP contribution in [0.5, 0.6) is 0 Å². The van der Waals surface area contributed by atoms with E-state index < -0.39 is 5.97 Å². The molecule has 0 saturated heterocycles. The first kappa shape index (κ1) is 17.2. The van der Waals surface area contributed by atoms with Gasteiger partial charge in [-0.15, -0.1) is 0 Å². The van der Waals surface area contributed by atoms with Gasteiger partial charge in [-0.2, -0.15) is 0 Å². The van der Waals surface area contributed by atoms with Crippen molar-refractivity contribution in [1.82, 2.24) is 4.90 Å². The van der Waals surface area contributed by atoms with Gasteiger partial charge in [0.1, 0.15) is 0 Å². The second kappa shape index (κ2) is 8.45. The van der Waals surface area contributed by atoms with Crippen LogP contribution in [0.25, 0.3) is 0 Å². The van der Waals surface area contributed by atoms with Crippen LogP contribution in [0, 0.1) is 5.92 Å². The van der Waals surface area contributed by atoms with Crippen LogP contribution in [0.3, 0.4) is 0 Å². The van der Waals surface area contributed by atoms with Crippen molar-refractivity contribution in [2.24, 2.45) is 5.92 Å². The first-order valence-corrected chi connectivity index (χ1v) is 7.61. The van der Waals surface area contributed by atoms with E-state index in [1.54, 1.807) is 24.3 Å². The molecule has 0 aliphatic rings. The van der Waals surface area contributed by atoms with Gasteiger partial charge in [0, 0.05) is 13.1 Å². The maximum atomic E-state index is 12.3. The average Bonchev–Trinajstić information content (AvgIpc) is 2.49. The molecule has 1 rings (SSSR count). The highest BCUT2D eigenvalue weighted by Crippen LogP contribution is 2.12. The molecule has 0 radical (unpaired) electrons. The predicted molar refractivity (Wildman–Crippen MR) is 83.4 cm³/mol. The lowest BCUT2D eigenvalue weighted by Crippen LogP contribution is -2.36. The SMILES string of the molecule is CCC(CC)CN(CC)C(=O)Cc1ccc(C(=O)O)cc1. The average molecular weight is 291 g/mol. The summed E-state index contributed by atoms with van der Waals surface area (Å²) in [7, 11) is 0. The van der Waals surface area contributed by atoms with Crippen LogP contribution in [0.15, 0.2) is 24.3 Å². The summed E-state index contributed by atoms with van der Waals surface area (Å²) in [5.41, 5.74) is 1.10. The number of rotatable bonds is 8. The van der Waals surface area contributed by atoms with E-state index in [0.29, 0.717) is 18.9 Å². The number of carbonyl (C=O) groups excluding carboxylic acids is 1. The highest BCUT2D eigenvalue weighted by molar-refractivity contribution is 5.87. The fourth-order valence-corrected chi connectivity index (χ4v) is 2.32. The lowest BCUT2D eigenvalue weighted by atomic mass is 10.0. The molecule has 0 aliphatic carbocycles. The third-order valence-electron chi connectivity index (χ3n) is 3.92. The number of hydrogen-bond donors (Lipinski definition) is 1. The van der Waals surface area contributed by atoms with E-state index in [2.05, 4.69) is 13.8 Å². The molecule has 116 valence electrons. The molecule has 4 heteroatoms. The summed E-state index contributed by atoms with van der Waals surface area (Å²) in [5, 5.41) is 8.86. The Morgan fingerprint density at radius 3 is 2.10 bits per heavy atom. The summed E-state index contributed by atoms with van der Waals surface area (Å²) in [5.74, 6) is -0.299. The standard InChI is InChI=1S/C17H25NO3/c1-4-13(5-2)12-18(6-3)16(19)11-14-7-9-15(10-8-14)17(20)21/h7-10,13H,4-6,11-12H2,1-3H3,(H,20,21). The minimum atomic E-state index is -0.947. The predicted octanol–water partition coefficient (Wildman–Crippen LogP) is 3.21. The van der Waals surface area contributed by atoms with E-state index in [0.717, 1.165) is 24.9 Å². The van der Waals surface area contributed by atoms with Gasteiger partial charge < -0.3 is 10.0 Å². The molecular formula is C17H25NO3. The molecule has 0 heterocycles. The maximum Gasteiger partial charge on any atom is 0.335 e. The topological polar surface area (TPSA) is 57.6 Å². The van der Waals surface area contributed by atoms with Crippen LogP contribution >= 0.6 is 0 Å². The Morgan fingerprint density at radius 1 is 1.10 bits per heavy atom. The maximum absolute atomic E-state index is 12.3. The van der Waals surface area contributed by atoms with E-state index in [1.165, 1.54) is 0 Å².